The molecular formula is C28H25N7O3. The molecule has 0 fully saturated rings. The molecule has 38 heavy (non-hydrogen) atoms. The summed E-state index contributed by atoms with van der Waals surface area (Å²) in [5, 5.41) is 17.3. The molecule has 0 aliphatic carbocycles. The highest BCUT2D eigenvalue weighted by Crippen LogP contribution is 2.37. The quantitative estimate of drug-likeness (QED) is 0.275. The van der Waals surface area contributed by atoms with Crippen LogP contribution in [0, 0.1) is 13.8 Å². The largest absolute Gasteiger partial charge is 0.346 e. The van der Waals surface area contributed by atoms with Crippen molar-refractivity contribution < 1.29 is 14.4 Å². The minimum absolute atomic E-state index is 0.135. The van der Waals surface area contributed by atoms with Gasteiger partial charge in [-0.15, -0.1) is 0 Å². The lowest BCUT2D eigenvalue weighted by atomic mass is 9.98. The third-order valence-electron chi connectivity index (χ3n) is 6.85. The molecule has 0 unspecified atom stereocenters. The van der Waals surface area contributed by atoms with Crippen molar-refractivity contribution in [3.63, 3.8) is 0 Å². The lowest BCUT2D eigenvalue weighted by molar-refractivity contribution is -0.110. The van der Waals surface area contributed by atoms with E-state index in [9.17, 15) is 14.4 Å². The lowest BCUT2D eigenvalue weighted by Gasteiger charge is -2.32. The summed E-state index contributed by atoms with van der Waals surface area (Å²) in [6.45, 7) is 7.58. The van der Waals surface area contributed by atoms with E-state index >= 15 is 0 Å². The molecule has 10 heteroatoms. The first kappa shape index (κ1) is 23.4. The fourth-order valence-corrected chi connectivity index (χ4v) is 5.01. The molecule has 4 heterocycles. The molecule has 0 bridgehead atoms. The van der Waals surface area contributed by atoms with Crippen LogP contribution >= 0.6 is 0 Å². The summed E-state index contributed by atoms with van der Waals surface area (Å²) in [6, 6.07) is 15.7. The van der Waals surface area contributed by atoms with E-state index in [0.717, 1.165) is 11.4 Å². The predicted octanol–water partition coefficient (Wildman–Crippen LogP) is 4.21. The smallest absolute Gasteiger partial charge is 0.278 e. The molecule has 3 N–H and O–H groups in total. The lowest BCUT2D eigenvalue weighted by Crippen LogP contribution is -2.43. The molecule has 2 aromatic heterocycles. The molecule has 0 saturated carbocycles. The third-order valence-corrected chi connectivity index (χ3v) is 6.85. The van der Waals surface area contributed by atoms with Crippen molar-refractivity contribution in [2.24, 2.45) is 0 Å². The van der Waals surface area contributed by atoms with Gasteiger partial charge in [0.05, 0.1) is 17.0 Å². The molecule has 190 valence electrons. The Bertz CT molecular complexity index is 1670. The number of hydrogen-bond acceptors (Lipinski definition) is 6. The van der Waals surface area contributed by atoms with Crippen molar-refractivity contribution in [1.82, 2.24) is 20.0 Å². The van der Waals surface area contributed by atoms with Crippen LogP contribution in [0.15, 0.2) is 60.8 Å². The minimum atomic E-state index is -0.683. The molecule has 2 amide bonds. The molecule has 6 rings (SSSR count). The van der Waals surface area contributed by atoms with Crippen molar-refractivity contribution >= 4 is 40.4 Å². The number of amides is 2. The van der Waals surface area contributed by atoms with Crippen LogP contribution in [0.3, 0.4) is 0 Å². The number of aromatic nitrogens is 4. The zero-order valence-corrected chi connectivity index (χ0v) is 21.3. The second kappa shape index (κ2) is 8.27. The second-order valence-corrected chi connectivity index (χ2v) is 9.93. The van der Waals surface area contributed by atoms with Gasteiger partial charge in [0, 0.05) is 40.3 Å². The number of nitrogens with zero attached hydrogens (tertiary/aromatic N) is 4. The normalized spacial score (nSPS) is 16.5. The van der Waals surface area contributed by atoms with Crippen molar-refractivity contribution in [2.45, 2.75) is 33.4 Å². The number of rotatable bonds is 5. The monoisotopic (exact) mass is 507 g/mol. The van der Waals surface area contributed by atoms with Crippen LogP contribution in [0.2, 0.25) is 0 Å². The van der Waals surface area contributed by atoms with Gasteiger partial charge in [-0.05, 0) is 76.2 Å². The molecule has 2 aromatic carbocycles. The summed E-state index contributed by atoms with van der Waals surface area (Å²) in [6.07, 6.45) is 1.60. The maximum atomic E-state index is 13.4. The van der Waals surface area contributed by atoms with Crippen LogP contribution in [-0.4, -0.2) is 37.6 Å². The van der Waals surface area contributed by atoms with Gasteiger partial charge in [0.1, 0.15) is 17.2 Å². The Morgan fingerprint density at radius 3 is 2.39 bits per heavy atom. The Balaban J connectivity index is 1.26. The first-order valence-electron chi connectivity index (χ1n) is 12.1. The number of ketones is 1. The second-order valence-electron chi connectivity index (χ2n) is 9.93. The van der Waals surface area contributed by atoms with E-state index < -0.39 is 5.66 Å². The molecular weight excluding hydrogens is 482 g/mol. The summed E-state index contributed by atoms with van der Waals surface area (Å²) < 4.78 is 1.73. The number of hydrogen-bond donors (Lipinski definition) is 3. The Labute approximate surface area is 218 Å². The highest BCUT2D eigenvalue weighted by atomic mass is 16.2. The number of aryl methyl sites for hydroxylation is 2. The van der Waals surface area contributed by atoms with E-state index in [-0.39, 0.29) is 17.6 Å². The van der Waals surface area contributed by atoms with Crippen molar-refractivity contribution in [2.75, 3.05) is 15.5 Å². The fraction of sp³-hybridized carbons (Fsp3) is 0.179. The molecule has 2 aliphatic heterocycles. The van der Waals surface area contributed by atoms with Crippen molar-refractivity contribution in [3.8, 4) is 0 Å². The van der Waals surface area contributed by atoms with Crippen LogP contribution in [0.4, 0.5) is 17.2 Å². The third kappa shape index (κ3) is 3.61. The average Bonchev–Trinajstić information content (AvgIpc) is 3.61. The van der Waals surface area contributed by atoms with Crippen LogP contribution in [-0.2, 0) is 10.5 Å². The van der Waals surface area contributed by atoms with Gasteiger partial charge in [0.15, 0.2) is 5.78 Å². The van der Waals surface area contributed by atoms with Gasteiger partial charge in [-0.3, -0.25) is 24.4 Å². The number of carbonyl (C=O) groups is 3. The zero-order valence-electron chi connectivity index (χ0n) is 21.3. The number of aromatic amines is 1. The number of benzene rings is 2. The average molecular weight is 508 g/mol. The molecule has 0 atom stereocenters. The number of H-pyrrole nitrogens is 1. The van der Waals surface area contributed by atoms with Crippen LogP contribution in [0.1, 0.15) is 57.2 Å². The summed E-state index contributed by atoms with van der Waals surface area (Å²) in [5.41, 5.74) is 4.75. The van der Waals surface area contributed by atoms with Gasteiger partial charge in [0.2, 0.25) is 0 Å². The van der Waals surface area contributed by atoms with E-state index in [1.165, 1.54) is 0 Å². The van der Waals surface area contributed by atoms with Gasteiger partial charge in [-0.25, -0.2) is 4.68 Å². The maximum Gasteiger partial charge on any atom is 0.278 e. The summed E-state index contributed by atoms with van der Waals surface area (Å²) in [5.74, 6) is 0.0714. The molecule has 0 radical (unpaired) electrons. The molecule has 4 aromatic rings. The molecule has 10 nitrogen and oxygen atoms in total. The Morgan fingerprint density at radius 1 is 0.974 bits per heavy atom. The minimum Gasteiger partial charge on any atom is -0.346 e. The Hall–Kier alpha value is -4.99. The highest BCUT2D eigenvalue weighted by Gasteiger charge is 2.45. The summed E-state index contributed by atoms with van der Waals surface area (Å²) in [7, 11) is 0. The van der Waals surface area contributed by atoms with Crippen LogP contribution < -0.4 is 15.5 Å². The predicted molar refractivity (Wildman–Crippen MR) is 143 cm³/mol. The van der Waals surface area contributed by atoms with Gasteiger partial charge >= 0.3 is 0 Å². The Kier molecular flexibility index (Phi) is 5.09. The zero-order chi connectivity index (χ0) is 26.8. The molecule has 2 aliphatic rings. The number of carbonyl (C=O) groups excluding carboxylic acids is 3. The Morgan fingerprint density at radius 2 is 1.71 bits per heavy atom. The van der Waals surface area contributed by atoms with E-state index in [4.69, 9.17) is 0 Å². The van der Waals surface area contributed by atoms with E-state index in [0.29, 0.717) is 45.2 Å². The fourth-order valence-electron chi connectivity index (χ4n) is 5.01. The first-order chi connectivity index (χ1) is 18.1. The van der Waals surface area contributed by atoms with Gasteiger partial charge in [-0.1, -0.05) is 0 Å². The van der Waals surface area contributed by atoms with E-state index in [1.807, 2.05) is 33.8 Å². The van der Waals surface area contributed by atoms with Crippen LogP contribution in [0.25, 0.3) is 5.57 Å². The summed E-state index contributed by atoms with van der Waals surface area (Å²) >= 11 is 0. The maximum absolute atomic E-state index is 13.4. The summed E-state index contributed by atoms with van der Waals surface area (Å²) in [4.78, 5) is 40.7. The molecule has 0 saturated heterocycles. The van der Waals surface area contributed by atoms with Gasteiger partial charge in [-0.2, -0.15) is 10.2 Å². The number of fused-ring (bicyclic) bond motifs is 2. The van der Waals surface area contributed by atoms with Gasteiger partial charge in [0.25, 0.3) is 11.8 Å². The van der Waals surface area contributed by atoms with Gasteiger partial charge < -0.3 is 10.6 Å². The number of nitrogens with one attached hydrogen (secondary N) is 3. The van der Waals surface area contributed by atoms with E-state index in [2.05, 4.69) is 25.9 Å². The topological polar surface area (TPSA) is 125 Å². The SMILES string of the molecule is Cc1cc(N/C=C2\C(=O)Nc3ccc(C(=O)c4ccc(N5C(=O)c6cc(C)nn6C5(C)C)cc4)cc32)[nH]n1. The first-order valence-corrected chi connectivity index (χ1v) is 12.1. The van der Waals surface area contributed by atoms with E-state index in [1.54, 1.807) is 64.3 Å². The van der Waals surface area contributed by atoms with Crippen molar-refractivity contribution in [3.05, 3.63) is 94.6 Å². The number of anilines is 3. The molecule has 0 spiro atoms. The van der Waals surface area contributed by atoms with Crippen LogP contribution in [0.5, 0.6) is 0 Å². The highest BCUT2D eigenvalue weighted by molar-refractivity contribution is 6.32. The van der Waals surface area contributed by atoms with Crippen molar-refractivity contribution in [1.29, 1.82) is 0 Å². The standard InChI is InChI=1S/C28H25N7O3/c1-15-12-24(32-31-15)29-14-21-20-13-18(7-10-22(20)30-26(21)37)25(36)17-5-8-19(9-6-17)34-27(38)23-11-16(2)33-35(23)28(34,3)4/h5-14H,1-4H3,(H,30,37)(H2,29,31,32)/b21-14-.